The molecule has 0 bridgehead atoms. The molecule has 1 aromatic rings. The first-order chi connectivity index (χ1) is 14.0. The quantitative estimate of drug-likeness (QED) is 0.564. The minimum absolute atomic E-state index is 0.244. The minimum Gasteiger partial charge on any atom is -0.444 e. The molecule has 8 heteroatoms. The second-order valence-electron chi connectivity index (χ2n) is 8.03. The Morgan fingerprint density at radius 1 is 1.23 bits per heavy atom. The van der Waals surface area contributed by atoms with Crippen LogP contribution in [0.25, 0.3) is 0 Å². The van der Waals surface area contributed by atoms with Gasteiger partial charge in [0.2, 0.25) is 6.41 Å². The van der Waals surface area contributed by atoms with Gasteiger partial charge in [-0.2, -0.15) is 0 Å². The summed E-state index contributed by atoms with van der Waals surface area (Å²) in [6.45, 7) is 15.1. The Kier molecular flexibility index (Phi) is 10.4. The van der Waals surface area contributed by atoms with Crippen molar-refractivity contribution in [1.29, 1.82) is 0 Å². The molecule has 6 nitrogen and oxygen atoms in total. The number of rotatable bonds is 5. The monoisotopic (exact) mass is 460 g/mol. The first-order valence-corrected chi connectivity index (χ1v) is 11.0. The molecule has 170 valence electrons. The van der Waals surface area contributed by atoms with Crippen molar-refractivity contribution in [2.75, 3.05) is 26.2 Å². The van der Waals surface area contributed by atoms with Crippen LogP contribution in [0.15, 0.2) is 6.07 Å². The average Bonchev–Trinajstić information content (AvgIpc) is 2.69. The summed E-state index contributed by atoms with van der Waals surface area (Å²) in [6, 6.07) is 1.62. The fourth-order valence-electron chi connectivity index (χ4n) is 3.01. The van der Waals surface area contributed by atoms with Crippen molar-refractivity contribution in [1.82, 2.24) is 9.80 Å². The molecule has 30 heavy (non-hydrogen) atoms. The number of carbonyl (C=O) groups is 2. The van der Waals surface area contributed by atoms with Crippen LogP contribution >= 0.6 is 23.2 Å². The molecule has 0 aromatic heterocycles. The maximum atomic E-state index is 12.3. The number of hydrogen-bond acceptors (Lipinski definition) is 4. The summed E-state index contributed by atoms with van der Waals surface area (Å²) < 4.78 is 11.3. The van der Waals surface area contributed by atoms with Gasteiger partial charge in [0.1, 0.15) is 5.60 Å². The van der Waals surface area contributed by atoms with Gasteiger partial charge in [-0.25, -0.2) is 4.79 Å². The second kappa shape index (κ2) is 11.8. The molecule has 1 fully saturated rings. The summed E-state index contributed by atoms with van der Waals surface area (Å²) >= 11 is 12.6. The van der Waals surface area contributed by atoms with Crippen LogP contribution in [-0.4, -0.2) is 60.2 Å². The highest BCUT2D eigenvalue weighted by Gasteiger charge is 2.31. The van der Waals surface area contributed by atoms with Gasteiger partial charge < -0.3 is 19.3 Å². The third-order valence-corrected chi connectivity index (χ3v) is 5.55. The van der Waals surface area contributed by atoms with Crippen molar-refractivity contribution in [2.24, 2.45) is 0 Å². The van der Waals surface area contributed by atoms with E-state index in [1.54, 1.807) is 9.80 Å². The number of carbonyl (C=O) groups excluding carboxylic acids is 2. The van der Waals surface area contributed by atoms with E-state index in [9.17, 15) is 9.59 Å². The fourth-order valence-corrected chi connectivity index (χ4v) is 3.62. The molecule has 1 aliphatic heterocycles. The Morgan fingerprint density at radius 2 is 1.87 bits per heavy atom. The molecule has 1 atom stereocenters. The van der Waals surface area contributed by atoms with Crippen molar-refractivity contribution in [3.8, 4) is 0 Å². The molecule has 0 N–H and O–H groups in total. The van der Waals surface area contributed by atoms with Crippen LogP contribution in [0.3, 0.4) is 0 Å². The predicted molar refractivity (Wildman–Crippen MR) is 121 cm³/mol. The lowest BCUT2D eigenvalue weighted by Crippen LogP contribution is -2.56. The number of aryl methyl sites for hydroxylation is 1. The maximum Gasteiger partial charge on any atom is 0.410 e. The average molecular weight is 461 g/mol. The number of benzene rings is 1. The summed E-state index contributed by atoms with van der Waals surface area (Å²) in [7, 11) is 0. The van der Waals surface area contributed by atoms with Crippen molar-refractivity contribution < 1.29 is 19.1 Å². The van der Waals surface area contributed by atoms with Gasteiger partial charge in [0.05, 0.1) is 24.3 Å². The molecular formula is C22H34Cl2N2O4. The van der Waals surface area contributed by atoms with E-state index in [1.165, 1.54) is 0 Å². The Morgan fingerprint density at radius 3 is 2.43 bits per heavy atom. The number of halogens is 2. The highest BCUT2D eigenvalue weighted by atomic mass is 35.5. The molecule has 0 spiro atoms. The van der Waals surface area contributed by atoms with E-state index in [0.29, 0.717) is 36.3 Å². The van der Waals surface area contributed by atoms with Gasteiger partial charge in [-0.05, 0) is 57.4 Å². The van der Waals surface area contributed by atoms with Crippen LogP contribution < -0.4 is 0 Å². The topological polar surface area (TPSA) is 59.1 Å². The van der Waals surface area contributed by atoms with Crippen LogP contribution in [0, 0.1) is 13.8 Å². The Balaban J connectivity index is 0.00000218. The Labute approximate surface area is 190 Å². The molecule has 0 radical (unpaired) electrons. The smallest absolute Gasteiger partial charge is 0.410 e. The summed E-state index contributed by atoms with van der Waals surface area (Å²) in [6.07, 6.45) is 0.417. The van der Waals surface area contributed by atoms with Gasteiger partial charge in [-0.15, -0.1) is 0 Å². The predicted octanol–water partition coefficient (Wildman–Crippen LogP) is 5.23. The molecule has 1 saturated heterocycles. The van der Waals surface area contributed by atoms with Gasteiger partial charge in [-0.3, -0.25) is 4.79 Å². The Bertz CT molecular complexity index is 735. The van der Waals surface area contributed by atoms with Crippen molar-refractivity contribution in [3.05, 3.63) is 32.8 Å². The van der Waals surface area contributed by atoms with Crippen LogP contribution in [0.2, 0.25) is 10.0 Å². The zero-order valence-electron chi connectivity index (χ0n) is 19.1. The highest BCUT2D eigenvalue weighted by molar-refractivity contribution is 6.36. The lowest BCUT2D eigenvalue weighted by atomic mass is 10.1. The zero-order valence-corrected chi connectivity index (χ0v) is 20.6. The minimum atomic E-state index is -0.564. The molecule has 1 aromatic carbocycles. The number of piperazine rings is 1. The van der Waals surface area contributed by atoms with E-state index in [2.05, 4.69) is 0 Å². The zero-order chi connectivity index (χ0) is 23.1. The second-order valence-corrected chi connectivity index (χ2v) is 8.82. The van der Waals surface area contributed by atoms with Crippen LogP contribution in [-0.2, 0) is 20.9 Å². The van der Waals surface area contributed by atoms with Crippen molar-refractivity contribution in [3.63, 3.8) is 0 Å². The molecule has 2 amide bonds. The molecule has 0 saturated carbocycles. The number of amides is 2. The molecular weight excluding hydrogens is 427 g/mol. The summed E-state index contributed by atoms with van der Waals surface area (Å²) in [5, 5.41) is 1.22. The van der Waals surface area contributed by atoms with Gasteiger partial charge in [-0.1, -0.05) is 37.0 Å². The molecule has 1 unspecified atom stereocenters. The van der Waals surface area contributed by atoms with E-state index in [-0.39, 0.29) is 18.7 Å². The first kappa shape index (κ1) is 26.5. The number of nitrogens with zero attached hydrogens (tertiary/aromatic N) is 2. The van der Waals surface area contributed by atoms with Gasteiger partial charge in [0.15, 0.2) is 0 Å². The van der Waals surface area contributed by atoms with E-state index in [1.807, 2.05) is 54.5 Å². The highest BCUT2D eigenvalue weighted by Crippen LogP contribution is 2.30. The van der Waals surface area contributed by atoms with Crippen molar-refractivity contribution >= 4 is 35.7 Å². The summed E-state index contributed by atoms with van der Waals surface area (Å²) in [5.41, 5.74) is 2.08. The standard InChI is InChI=1S/C20H28Cl2N2O4.C2H6/c1-13-8-17(21)14(2)18(22)16(13)11-27-10-15-9-23(6-7-24(15)12-25)19(26)28-20(3,4)5;1-2/h8,12,15H,6-7,9-11H2,1-5H3;1-2H3. The van der Waals surface area contributed by atoms with Gasteiger partial charge in [0.25, 0.3) is 0 Å². The summed E-state index contributed by atoms with van der Waals surface area (Å²) in [5.74, 6) is 0. The molecule has 1 heterocycles. The summed E-state index contributed by atoms with van der Waals surface area (Å²) in [4.78, 5) is 27.0. The van der Waals surface area contributed by atoms with E-state index in [4.69, 9.17) is 32.7 Å². The largest absolute Gasteiger partial charge is 0.444 e. The van der Waals surface area contributed by atoms with Crippen LogP contribution in [0.4, 0.5) is 4.79 Å². The maximum absolute atomic E-state index is 12.3. The van der Waals surface area contributed by atoms with Crippen LogP contribution in [0.1, 0.15) is 51.3 Å². The fraction of sp³-hybridized carbons (Fsp3) is 0.636. The third kappa shape index (κ3) is 7.33. The molecule has 0 aliphatic carbocycles. The van der Waals surface area contributed by atoms with E-state index < -0.39 is 5.60 Å². The van der Waals surface area contributed by atoms with E-state index >= 15 is 0 Å². The van der Waals surface area contributed by atoms with Crippen LogP contribution in [0.5, 0.6) is 0 Å². The SMILES string of the molecule is CC.Cc1cc(Cl)c(C)c(Cl)c1COCC1CN(C(=O)OC(C)(C)C)CCN1C=O. The number of hydrogen-bond donors (Lipinski definition) is 0. The van der Waals surface area contributed by atoms with Gasteiger partial charge in [0, 0.05) is 24.7 Å². The lowest BCUT2D eigenvalue weighted by Gasteiger charge is -2.39. The normalized spacial score (nSPS) is 16.6. The van der Waals surface area contributed by atoms with E-state index in [0.717, 1.165) is 23.1 Å². The lowest BCUT2D eigenvalue weighted by molar-refractivity contribution is -0.124. The van der Waals surface area contributed by atoms with Gasteiger partial charge >= 0.3 is 6.09 Å². The molecule has 2 rings (SSSR count). The first-order valence-electron chi connectivity index (χ1n) is 10.2. The number of ether oxygens (including phenoxy) is 2. The van der Waals surface area contributed by atoms with Crippen molar-refractivity contribution in [2.45, 2.75) is 66.7 Å². The Hall–Kier alpha value is -1.50. The third-order valence-electron chi connectivity index (χ3n) is 4.64. The molecule has 1 aliphatic rings.